The Hall–Kier alpha value is -2.98. The quantitative estimate of drug-likeness (QED) is 0.468. The molecule has 7 nitrogen and oxygen atoms in total. The van der Waals surface area contributed by atoms with E-state index in [1.165, 1.54) is 6.92 Å². The molecule has 0 atom stereocenters. The number of hydrogen-bond acceptors (Lipinski definition) is 5. The van der Waals surface area contributed by atoms with Gasteiger partial charge in [0.15, 0.2) is 5.69 Å². The predicted octanol–water partition coefficient (Wildman–Crippen LogP) is 0.325. The molecule has 7 heteroatoms. The first kappa shape index (κ1) is 14.4. The number of benzene rings is 1. The smallest absolute Gasteiger partial charge is 0.289 e. The summed E-state index contributed by atoms with van der Waals surface area (Å²) in [7, 11) is 0. The molecule has 1 amide bonds. The number of carbonyl (C=O) groups is 1. The van der Waals surface area contributed by atoms with E-state index in [0.717, 1.165) is 10.2 Å². The van der Waals surface area contributed by atoms with Crippen LogP contribution in [-0.2, 0) is 0 Å². The van der Waals surface area contributed by atoms with Crippen molar-refractivity contribution >= 4 is 5.91 Å². The Morgan fingerprint density at radius 2 is 2.14 bits per heavy atom. The molecule has 0 saturated carbocycles. The van der Waals surface area contributed by atoms with E-state index in [1.807, 2.05) is 24.5 Å². The van der Waals surface area contributed by atoms with Crippen molar-refractivity contribution in [2.75, 3.05) is 0 Å². The SMILES string of the molecule is Cc1cccc(-n2nc(C(=O)NN)c(C)c(C#N)c2=O)c1. The van der Waals surface area contributed by atoms with E-state index < -0.39 is 11.5 Å². The van der Waals surface area contributed by atoms with Gasteiger partial charge in [-0.25, -0.2) is 5.84 Å². The lowest BCUT2D eigenvalue weighted by Gasteiger charge is -2.10. The van der Waals surface area contributed by atoms with Crippen LogP contribution in [0.1, 0.15) is 27.2 Å². The summed E-state index contributed by atoms with van der Waals surface area (Å²) >= 11 is 0. The van der Waals surface area contributed by atoms with Gasteiger partial charge in [-0.2, -0.15) is 15.0 Å². The first-order chi connectivity index (χ1) is 9.99. The van der Waals surface area contributed by atoms with Crippen LogP contribution >= 0.6 is 0 Å². The molecule has 106 valence electrons. The van der Waals surface area contributed by atoms with Crippen LogP contribution in [0.3, 0.4) is 0 Å². The van der Waals surface area contributed by atoms with E-state index in [0.29, 0.717) is 5.69 Å². The topological polar surface area (TPSA) is 114 Å². The number of aromatic nitrogens is 2. The molecular weight excluding hydrogens is 270 g/mol. The zero-order chi connectivity index (χ0) is 15.6. The summed E-state index contributed by atoms with van der Waals surface area (Å²) < 4.78 is 1.03. The maximum Gasteiger partial charge on any atom is 0.289 e. The first-order valence-corrected chi connectivity index (χ1v) is 6.11. The minimum absolute atomic E-state index is 0.0600. The van der Waals surface area contributed by atoms with Crippen LogP contribution in [0.5, 0.6) is 0 Å². The highest BCUT2D eigenvalue weighted by Gasteiger charge is 2.19. The van der Waals surface area contributed by atoms with Gasteiger partial charge < -0.3 is 0 Å². The van der Waals surface area contributed by atoms with Crippen LogP contribution < -0.4 is 16.8 Å². The summed E-state index contributed by atoms with van der Waals surface area (Å²) in [5.74, 6) is 4.44. The Morgan fingerprint density at radius 3 is 2.71 bits per heavy atom. The lowest BCUT2D eigenvalue weighted by Crippen LogP contribution is -2.35. The largest absolute Gasteiger partial charge is 0.289 e. The van der Waals surface area contributed by atoms with Crippen LogP contribution in [-0.4, -0.2) is 15.7 Å². The number of carbonyl (C=O) groups excluding carboxylic acids is 1. The van der Waals surface area contributed by atoms with E-state index in [1.54, 1.807) is 18.2 Å². The van der Waals surface area contributed by atoms with Gasteiger partial charge in [0.2, 0.25) is 0 Å². The second-order valence-electron chi connectivity index (χ2n) is 4.49. The average Bonchev–Trinajstić information content (AvgIpc) is 2.47. The van der Waals surface area contributed by atoms with E-state index in [9.17, 15) is 9.59 Å². The fraction of sp³-hybridized carbons (Fsp3) is 0.143. The summed E-state index contributed by atoms with van der Waals surface area (Å²) in [4.78, 5) is 24.1. The van der Waals surface area contributed by atoms with Crippen LogP contribution in [0.2, 0.25) is 0 Å². The van der Waals surface area contributed by atoms with Crippen molar-refractivity contribution in [3.63, 3.8) is 0 Å². The zero-order valence-corrected chi connectivity index (χ0v) is 11.5. The van der Waals surface area contributed by atoms with Crippen molar-refractivity contribution < 1.29 is 4.79 Å². The Balaban J connectivity index is 2.82. The zero-order valence-electron chi connectivity index (χ0n) is 11.5. The fourth-order valence-corrected chi connectivity index (χ4v) is 1.96. The molecule has 0 bridgehead atoms. The van der Waals surface area contributed by atoms with Crippen molar-refractivity contribution in [3.05, 3.63) is 57.0 Å². The lowest BCUT2D eigenvalue weighted by atomic mass is 10.1. The second-order valence-corrected chi connectivity index (χ2v) is 4.49. The normalized spacial score (nSPS) is 10.0. The molecule has 0 radical (unpaired) electrons. The summed E-state index contributed by atoms with van der Waals surface area (Å²) in [6.07, 6.45) is 0. The molecule has 0 spiro atoms. The number of rotatable bonds is 2. The molecule has 0 unspecified atom stereocenters. The third-order valence-corrected chi connectivity index (χ3v) is 3.04. The van der Waals surface area contributed by atoms with Gasteiger partial charge in [0.05, 0.1) is 5.69 Å². The molecule has 2 aromatic rings. The molecule has 0 saturated heterocycles. The van der Waals surface area contributed by atoms with Crippen molar-refractivity contribution in [2.45, 2.75) is 13.8 Å². The van der Waals surface area contributed by atoms with E-state index in [-0.39, 0.29) is 16.8 Å². The second kappa shape index (κ2) is 5.56. The third-order valence-electron chi connectivity index (χ3n) is 3.04. The molecule has 1 heterocycles. The molecule has 21 heavy (non-hydrogen) atoms. The highest BCUT2D eigenvalue weighted by molar-refractivity contribution is 5.93. The number of hydrazine groups is 1. The van der Waals surface area contributed by atoms with Crippen molar-refractivity contribution in [1.82, 2.24) is 15.2 Å². The minimum Gasteiger partial charge on any atom is -0.289 e. The minimum atomic E-state index is -0.662. The number of hydrogen-bond donors (Lipinski definition) is 2. The van der Waals surface area contributed by atoms with E-state index in [2.05, 4.69) is 5.10 Å². The summed E-state index contributed by atoms with van der Waals surface area (Å²) in [6.45, 7) is 3.35. The number of nitrogens with one attached hydrogen (secondary N) is 1. The lowest BCUT2D eigenvalue weighted by molar-refractivity contribution is 0.0946. The van der Waals surface area contributed by atoms with Gasteiger partial charge in [-0.15, -0.1) is 0 Å². The van der Waals surface area contributed by atoms with Gasteiger partial charge in [-0.3, -0.25) is 15.0 Å². The summed E-state index contributed by atoms with van der Waals surface area (Å²) in [5.41, 5.74) is 2.79. The van der Waals surface area contributed by atoms with Crippen molar-refractivity contribution in [3.8, 4) is 11.8 Å². The molecule has 1 aromatic heterocycles. The Morgan fingerprint density at radius 1 is 1.43 bits per heavy atom. The highest BCUT2D eigenvalue weighted by atomic mass is 16.2. The number of nitrogen functional groups attached to an aromatic ring is 1. The number of nitrogens with zero attached hydrogens (tertiary/aromatic N) is 3. The molecule has 0 fully saturated rings. The van der Waals surface area contributed by atoms with E-state index >= 15 is 0 Å². The Kier molecular flexibility index (Phi) is 3.82. The van der Waals surface area contributed by atoms with Gasteiger partial charge in [-0.1, -0.05) is 12.1 Å². The van der Waals surface area contributed by atoms with Gasteiger partial charge >= 0.3 is 0 Å². The van der Waals surface area contributed by atoms with Gasteiger partial charge in [0.25, 0.3) is 11.5 Å². The number of aryl methyl sites for hydroxylation is 1. The molecule has 0 aliphatic carbocycles. The molecule has 0 aliphatic heterocycles. The molecule has 2 rings (SSSR count). The molecule has 3 N–H and O–H groups in total. The van der Waals surface area contributed by atoms with E-state index in [4.69, 9.17) is 11.1 Å². The number of amides is 1. The Labute approximate surface area is 120 Å². The van der Waals surface area contributed by atoms with Crippen molar-refractivity contribution in [2.24, 2.45) is 5.84 Å². The van der Waals surface area contributed by atoms with Crippen LogP contribution in [0.25, 0.3) is 5.69 Å². The van der Waals surface area contributed by atoms with Gasteiger partial charge in [0, 0.05) is 5.56 Å². The average molecular weight is 283 g/mol. The molecule has 1 aromatic carbocycles. The standard InChI is InChI=1S/C14H13N5O2/c1-8-4-3-5-10(6-8)19-14(21)11(7-15)9(2)12(18-19)13(20)17-16/h3-6H,16H2,1-2H3,(H,17,20). The van der Waals surface area contributed by atoms with Crippen LogP contribution in [0.15, 0.2) is 29.1 Å². The van der Waals surface area contributed by atoms with Crippen LogP contribution in [0.4, 0.5) is 0 Å². The van der Waals surface area contributed by atoms with Gasteiger partial charge in [0.1, 0.15) is 11.6 Å². The third kappa shape index (κ3) is 2.52. The van der Waals surface area contributed by atoms with Gasteiger partial charge in [-0.05, 0) is 31.5 Å². The highest BCUT2D eigenvalue weighted by Crippen LogP contribution is 2.11. The summed E-state index contributed by atoms with van der Waals surface area (Å²) in [5, 5.41) is 13.2. The molecular formula is C14H13N5O2. The monoisotopic (exact) mass is 283 g/mol. The number of nitriles is 1. The Bertz CT molecular complexity index is 817. The van der Waals surface area contributed by atoms with Crippen LogP contribution in [0, 0.1) is 25.2 Å². The molecule has 0 aliphatic rings. The predicted molar refractivity (Wildman–Crippen MR) is 75.7 cm³/mol. The number of nitrogens with two attached hydrogens (primary N) is 1. The summed E-state index contributed by atoms with van der Waals surface area (Å²) in [6, 6.07) is 8.83. The maximum absolute atomic E-state index is 12.3. The first-order valence-electron chi connectivity index (χ1n) is 6.11. The fourth-order valence-electron chi connectivity index (χ4n) is 1.96. The maximum atomic E-state index is 12.3. The van der Waals surface area contributed by atoms with Crippen molar-refractivity contribution in [1.29, 1.82) is 5.26 Å².